The highest BCUT2D eigenvalue weighted by Gasteiger charge is 2.57. The van der Waals surface area contributed by atoms with Crippen LogP contribution < -0.4 is 10.1 Å². The summed E-state index contributed by atoms with van der Waals surface area (Å²) in [6.07, 6.45) is 0.397. The fraction of sp³-hybridized carbons (Fsp3) is 0.346. The van der Waals surface area contributed by atoms with Crippen molar-refractivity contribution in [2.45, 2.75) is 102 Å². The number of halogens is 3. The van der Waals surface area contributed by atoms with Crippen molar-refractivity contribution in [1.82, 2.24) is 10.2 Å². The number of ether oxygens (including phenoxy) is 1. The average molecular weight is 845 g/mol. The lowest BCUT2D eigenvalue weighted by Gasteiger charge is -2.46. The molecule has 0 aromatic heterocycles. The van der Waals surface area contributed by atoms with Crippen LogP contribution in [0.5, 0.6) is 5.75 Å². The normalized spacial score (nSPS) is 22.2. The number of nitrogens with one attached hydrogen (secondary N) is 1. The SMILES string of the molecule is CC1=CCC[C@@]2(C)[C@@H](CC[C@@]2(O)CN(Cc2ccc(OC(F)(F)F)cc2)C(=O)N[C@H](C)c2ccccc2)c2ccc(cc2C(=O)c2ccc(-c3ccccc3)cc2)C[C@@H](O)CC1. The van der Waals surface area contributed by atoms with Gasteiger partial charge in [-0.05, 0) is 116 Å². The first-order valence-corrected chi connectivity index (χ1v) is 21.4. The second-order valence-corrected chi connectivity index (χ2v) is 17.3. The number of carbonyl (C=O) groups excluding carboxylic acids is 2. The Morgan fingerprint density at radius 3 is 2.21 bits per heavy atom. The van der Waals surface area contributed by atoms with Gasteiger partial charge in [0.1, 0.15) is 5.75 Å². The number of alkyl halides is 3. The van der Waals surface area contributed by atoms with E-state index in [1.807, 2.05) is 110 Å². The summed E-state index contributed by atoms with van der Waals surface area (Å²) in [6.45, 7) is 5.91. The van der Waals surface area contributed by atoms with Gasteiger partial charge in [0.25, 0.3) is 0 Å². The minimum absolute atomic E-state index is 0.00143. The Morgan fingerprint density at radius 1 is 0.871 bits per heavy atom. The number of allylic oxidation sites excluding steroid dienone is 2. The molecule has 3 aliphatic rings. The highest BCUT2D eigenvalue weighted by atomic mass is 19.4. The van der Waals surface area contributed by atoms with Gasteiger partial charge in [-0.1, -0.05) is 128 Å². The van der Waals surface area contributed by atoms with Crippen LogP contribution in [0.3, 0.4) is 0 Å². The van der Waals surface area contributed by atoms with Crippen molar-refractivity contribution in [2.75, 3.05) is 6.54 Å². The van der Waals surface area contributed by atoms with Gasteiger partial charge in [0.2, 0.25) is 0 Å². The molecule has 5 aromatic rings. The van der Waals surface area contributed by atoms with Crippen molar-refractivity contribution in [2.24, 2.45) is 5.41 Å². The van der Waals surface area contributed by atoms with Gasteiger partial charge >= 0.3 is 12.4 Å². The number of fused-ring (bicyclic) bond motifs is 8. The summed E-state index contributed by atoms with van der Waals surface area (Å²) in [6, 6.07) is 37.5. The maximum Gasteiger partial charge on any atom is 0.573 e. The molecule has 0 spiro atoms. The summed E-state index contributed by atoms with van der Waals surface area (Å²) < 4.78 is 43.1. The number of aliphatic hydroxyl groups is 2. The van der Waals surface area contributed by atoms with Crippen molar-refractivity contribution < 1.29 is 37.7 Å². The highest BCUT2D eigenvalue weighted by Crippen LogP contribution is 2.59. The third kappa shape index (κ3) is 10.3. The van der Waals surface area contributed by atoms with E-state index in [4.69, 9.17) is 0 Å². The van der Waals surface area contributed by atoms with Crippen molar-refractivity contribution in [3.63, 3.8) is 0 Å². The smallest absolute Gasteiger partial charge is 0.406 e. The molecular weight excluding hydrogens is 790 g/mol. The Labute approximate surface area is 362 Å². The van der Waals surface area contributed by atoms with Crippen LogP contribution in [0.1, 0.15) is 109 Å². The molecule has 5 atom stereocenters. The van der Waals surface area contributed by atoms with Gasteiger partial charge in [-0.2, -0.15) is 0 Å². The van der Waals surface area contributed by atoms with Gasteiger partial charge in [-0.15, -0.1) is 13.2 Å². The number of aliphatic hydroxyl groups excluding tert-OH is 1. The summed E-state index contributed by atoms with van der Waals surface area (Å²) in [5, 5.41) is 27.4. The second kappa shape index (κ2) is 18.7. The van der Waals surface area contributed by atoms with Gasteiger partial charge < -0.3 is 25.2 Å². The predicted octanol–water partition coefficient (Wildman–Crippen LogP) is 11.5. The Hall–Kier alpha value is -5.71. The average Bonchev–Trinajstić information content (AvgIpc) is 3.51. The Kier molecular flexibility index (Phi) is 13.4. The first-order valence-electron chi connectivity index (χ1n) is 21.4. The molecule has 0 unspecified atom stereocenters. The molecule has 10 heteroatoms. The number of hydrogen-bond donors (Lipinski definition) is 3. The predicted molar refractivity (Wildman–Crippen MR) is 236 cm³/mol. The molecule has 5 aromatic carbocycles. The van der Waals surface area contributed by atoms with Crippen molar-refractivity contribution in [1.29, 1.82) is 0 Å². The van der Waals surface area contributed by atoms with Gasteiger partial charge in [0.05, 0.1) is 24.3 Å². The lowest BCUT2D eigenvalue weighted by molar-refractivity contribution is -0.274. The van der Waals surface area contributed by atoms with Gasteiger partial charge in [0.15, 0.2) is 5.78 Å². The Balaban J connectivity index is 1.26. The molecule has 3 N–H and O–H groups in total. The number of hydrogen-bond acceptors (Lipinski definition) is 5. The van der Waals surface area contributed by atoms with E-state index >= 15 is 0 Å². The molecule has 1 fully saturated rings. The lowest BCUT2D eigenvalue weighted by Crippen LogP contribution is -2.55. The van der Waals surface area contributed by atoms with E-state index < -0.39 is 29.5 Å². The molecule has 0 heterocycles. The Bertz CT molecular complexity index is 2350. The number of ketones is 1. The van der Waals surface area contributed by atoms with Crippen LogP contribution in [-0.2, 0) is 13.0 Å². The highest BCUT2D eigenvalue weighted by molar-refractivity contribution is 6.10. The van der Waals surface area contributed by atoms with Crippen LogP contribution in [-0.4, -0.2) is 51.5 Å². The minimum atomic E-state index is -4.85. The second-order valence-electron chi connectivity index (χ2n) is 17.3. The number of rotatable bonds is 10. The molecular formula is C52H55F3N2O5. The topological polar surface area (TPSA) is 99.1 Å². The Morgan fingerprint density at radius 2 is 1.53 bits per heavy atom. The first kappa shape index (κ1) is 44.3. The summed E-state index contributed by atoms with van der Waals surface area (Å²) >= 11 is 0. The molecule has 62 heavy (non-hydrogen) atoms. The maximum absolute atomic E-state index is 14.7. The van der Waals surface area contributed by atoms with E-state index in [1.54, 1.807) is 4.90 Å². The number of benzene rings is 5. The molecule has 0 saturated heterocycles. The molecule has 3 aliphatic carbocycles. The van der Waals surface area contributed by atoms with Gasteiger partial charge in [-0.25, -0.2) is 4.79 Å². The molecule has 324 valence electrons. The van der Waals surface area contributed by atoms with E-state index in [0.717, 1.165) is 33.4 Å². The summed E-state index contributed by atoms with van der Waals surface area (Å²) in [5.74, 6) is -0.816. The maximum atomic E-state index is 14.7. The van der Waals surface area contributed by atoms with Gasteiger partial charge in [-0.3, -0.25) is 4.79 Å². The van der Waals surface area contributed by atoms with E-state index in [-0.39, 0.29) is 36.6 Å². The van der Waals surface area contributed by atoms with E-state index in [0.29, 0.717) is 61.6 Å². The number of nitrogens with zero attached hydrogens (tertiary/aromatic N) is 1. The van der Waals surface area contributed by atoms with Crippen molar-refractivity contribution in [3.05, 3.63) is 172 Å². The standard InChI is InChI=1S/C52H55F3N2O5/c1-35-11-10-29-50(3)47(45-27-19-38(31-43(58)24-16-35)32-46(45)48(59)42-22-20-41(21-23-42)40-14-8-5-9-15-40)28-30-51(50,61)34-57(49(60)56-36(2)39-12-6-4-7-13-39)33-37-17-25-44(26-18-37)62-52(53,54)55/h4-9,11-15,17-23,25-27,32,36,43,47,58,61H,10,16,24,28-31,33-34H2,1-3H3,(H,56,60)/t36-,43+,47+,50+,51-/m1/s1. The van der Waals surface area contributed by atoms with Crippen molar-refractivity contribution in [3.8, 4) is 16.9 Å². The molecule has 8 rings (SSSR count). The van der Waals surface area contributed by atoms with Crippen LogP contribution in [0.2, 0.25) is 0 Å². The fourth-order valence-electron chi connectivity index (χ4n) is 9.43. The zero-order valence-corrected chi connectivity index (χ0v) is 35.5. The summed E-state index contributed by atoms with van der Waals surface area (Å²) in [5.41, 5.74) is 5.02. The first-order chi connectivity index (χ1) is 29.6. The van der Waals surface area contributed by atoms with Crippen LogP contribution in [0.4, 0.5) is 18.0 Å². The number of carbonyl (C=O) groups is 2. The monoisotopic (exact) mass is 844 g/mol. The summed E-state index contributed by atoms with van der Waals surface area (Å²) in [7, 11) is 0. The van der Waals surface area contributed by atoms with Crippen LogP contribution in [0, 0.1) is 5.41 Å². The zero-order chi connectivity index (χ0) is 44.1. The minimum Gasteiger partial charge on any atom is -0.406 e. The van der Waals surface area contributed by atoms with Crippen LogP contribution >= 0.6 is 0 Å². The number of amides is 2. The third-order valence-corrected chi connectivity index (χ3v) is 13.1. The molecule has 0 radical (unpaired) electrons. The zero-order valence-electron chi connectivity index (χ0n) is 35.5. The molecule has 1 saturated carbocycles. The quantitative estimate of drug-likeness (QED) is 0.0960. The molecule has 7 nitrogen and oxygen atoms in total. The summed E-state index contributed by atoms with van der Waals surface area (Å²) in [4.78, 5) is 30.7. The van der Waals surface area contributed by atoms with E-state index in [9.17, 15) is 33.0 Å². The lowest BCUT2D eigenvalue weighted by atomic mass is 9.64. The molecule has 2 bridgehead atoms. The van der Waals surface area contributed by atoms with Crippen LogP contribution in [0.15, 0.2) is 139 Å². The van der Waals surface area contributed by atoms with Gasteiger partial charge in [0, 0.05) is 23.1 Å². The van der Waals surface area contributed by atoms with Crippen molar-refractivity contribution >= 4 is 11.8 Å². The number of urea groups is 1. The molecule has 0 aliphatic heterocycles. The van der Waals surface area contributed by atoms with E-state index in [2.05, 4.69) is 30.0 Å². The third-order valence-electron chi connectivity index (χ3n) is 13.1. The van der Waals surface area contributed by atoms with E-state index in [1.165, 1.54) is 24.3 Å². The van der Waals surface area contributed by atoms with Crippen LogP contribution in [0.25, 0.3) is 11.1 Å². The fourth-order valence-corrected chi connectivity index (χ4v) is 9.43. The largest absolute Gasteiger partial charge is 0.573 e. The molecule has 2 amide bonds.